The maximum atomic E-state index is 12.5. The number of ether oxygens (including phenoxy) is 2. The lowest BCUT2D eigenvalue weighted by atomic mass is 10.2. The molecular weight excluding hydrogens is 435 g/mol. The van der Waals surface area contributed by atoms with Gasteiger partial charge < -0.3 is 9.47 Å². The van der Waals surface area contributed by atoms with Crippen molar-refractivity contribution >= 4 is 72.1 Å². The number of hydrogen-bond acceptors (Lipinski definition) is 7. The molecule has 0 saturated carbocycles. The summed E-state index contributed by atoms with van der Waals surface area (Å²) in [4.78, 5) is -3.33. The van der Waals surface area contributed by atoms with Crippen LogP contribution in [0.25, 0.3) is 0 Å². The van der Waals surface area contributed by atoms with Crippen LogP contribution < -0.4 is 9.47 Å². The van der Waals surface area contributed by atoms with Gasteiger partial charge in [0.25, 0.3) is 4.90 Å². The van der Waals surface area contributed by atoms with Crippen molar-refractivity contribution in [3.8, 4) is 11.5 Å². The highest BCUT2D eigenvalue weighted by molar-refractivity contribution is 9.03. The van der Waals surface area contributed by atoms with Crippen LogP contribution in [-0.2, 0) is 4.57 Å². The van der Waals surface area contributed by atoms with E-state index in [1.807, 2.05) is 50.2 Å². The number of hydrogen-bond donors (Lipinski definition) is 0. The third kappa shape index (κ3) is 7.69. The third-order valence-electron chi connectivity index (χ3n) is 2.75. The lowest BCUT2D eigenvalue weighted by molar-refractivity contribution is 0.578. The van der Waals surface area contributed by atoms with Crippen LogP contribution >= 0.6 is 63.3 Å². The Hall–Kier alpha value is -0.560. The van der Waals surface area contributed by atoms with Crippen molar-refractivity contribution in [2.45, 2.75) is 13.8 Å². The summed E-state index contributed by atoms with van der Waals surface area (Å²) in [7, 11) is 0. The van der Waals surface area contributed by atoms with Crippen LogP contribution in [0.2, 0.25) is 0 Å². The van der Waals surface area contributed by atoms with E-state index in [4.69, 9.17) is 45.2 Å². The molecule has 0 spiro atoms. The standard InChI is InChI=1S/C16H14ClO3PS4/c1-11-5-3-7-13(9-11)19-15(22)24-21(17,18)25-16(23)20-14-8-4-6-12(2)10-14/h3-10H,1-2H3. The zero-order chi connectivity index (χ0) is 18.4. The highest BCUT2D eigenvalue weighted by Gasteiger charge is 2.27. The largest absolute Gasteiger partial charge is 0.439 e. The smallest absolute Gasteiger partial charge is 0.291 e. The summed E-state index contributed by atoms with van der Waals surface area (Å²) >= 11 is 17.8. The van der Waals surface area contributed by atoms with Gasteiger partial charge in [0.1, 0.15) is 11.5 Å². The van der Waals surface area contributed by atoms with Crippen LogP contribution in [0.1, 0.15) is 11.1 Å². The molecule has 0 heterocycles. The van der Waals surface area contributed by atoms with E-state index in [1.54, 1.807) is 12.1 Å². The fraction of sp³-hybridized carbons (Fsp3) is 0.125. The van der Waals surface area contributed by atoms with Gasteiger partial charge in [0.2, 0.25) is 8.77 Å². The third-order valence-corrected chi connectivity index (χ3v) is 9.94. The van der Waals surface area contributed by atoms with Crippen molar-refractivity contribution in [2.75, 3.05) is 0 Å². The molecule has 0 aromatic heterocycles. The lowest BCUT2D eigenvalue weighted by Gasteiger charge is -2.12. The summed E-state index contributed by atoms with van der Waals surface area (Å²) in [6.07, 6.45) is 0. The maximum Gasteiger partial charge on any atom is 0.291 e. The minimum atomic E-state index is -3.33. The Labute approximate surface area is 170 Å². The second kappa shape index (κ2) is 9.40. The first-order valence-corrected chi connectivity index (χ1v) is 13.3. The number of aryl methyl sites for hydroxylation is 2. The second-order valence-corrected chi connectivity index (χ2v) is 15.7. The molecule has 0 aliphatic carbocycles. The van der Waals surface area contributed by atoms with Gasteiger partial charge in [0, 0.05) is 22.8 Å². The molecule has 132 valence electrons. The molecule has 0 fully saturated rings. The van der Waals surface area contributed by atoms with Gasteiger partial charge >= 0.3 is 0 Å². The van der Waals surface area contributed by atoms with Crippen molar-refractivity contribution in [3.63, 3.8) is 0 Å². The van der Waals surface area contributed by atoms with E-state index in [9.17, 15) is 4.57 Å². The molecule has 0 bridgehead atoms. The molecule has 0 aliphatic rings. The fourth-order valence-corrected chi connectivity index (χ4v) is 10.2. The lowest BCUT2D eigenvalue weighted by Crippen LogP contribution is -2.01. The maximum absolute atomic E-state index is 12.5. The van der Waals surface area contributed by atoms with E-state index in [0.29, 0.717) is 11.5 Å². The molecule has 2 rings (SSSR count). The normalized spacial score (nSPS) is 11.0. The monoisotopic (exact) mass is 448 g/mol. The van der Waals surface area contributed by atoms with Crippen LogP contribution in [0.4, 0.5) is 0 Å². The first kappa shape index (κ1) is 20.7. The highest BCUT2D eigenvalue weighted by Crippen LogP contribution is 2.74. The molecule has 0 unspecified atom stereocenters. The van der Waals surface area contributed by atoms with Gasteiger partial charge in [-0.05, 0) is 84.9 Å². The first-order valence-electron chi connectivity index (χ1n) is 6.99. The van der Waals surface area contributed by atoms with E-state index in [-0.39, 0.29) is 8.77 Å². The quantitative estimate of drug-likeness (QED) is 0.363. The van der Waals surface area contributed by atoms with Gasteiger partial charge in [-0.3, -0.25) is 4.57 Å². The molecule has 2 aromatic rings. The SMILES string of the molecule is Cc1cccc(OC(=S)SP(=O)(Cl)SC(=S)Oc2cccc(C)c2)c1. The summed E-state index contributed by atoms with van der Waals surface area (Å²) in [6.45, 7) is 3.87. The Morgan fingerprint density at radius 1 is 0.920 bits per heavy atom. The predicted octanol–water partition coefficient (Wildman–Crippen LogP) is 7.14. The first-order chi connectivity index (χ1) is 11.7. The second-order valence-electron chi connectivity index (χ2n) is 4.95. The minimum Gasteiger partial charge on any atom is -0.439 e. The van der Waals surface area contributed by atoms with E-state index in [0.717, 1.165) is 33.9 Å². The topological polar surface area (TPSA) is 35.5 Å². The van der Waals surface area contributed by atoms with E-state index < -0.39 is 4.90 Å². The highest BCUT2D eigenvalue weighted by atomic mass is 35.7. The van der Waals surface area contributed by atoms with Crippen molar-refractivity contribution in [2.24, 2.45) is 0 Å². The molecular formula is C16H14ClO3PS4. The Bertz CT molecular complexity index is 778. The van der Waals surface area contributed by atoms with Gasteiger partial charge in [-0.1, -0.05) is 24.3 Å². The number of halogens is 1. The van der Waals surface area contributed by atoms with Crippen LogP contribution in [0.5, 0.6) is 11.5 Å². The zero-order valence-corrected chi connectivity index (χ0v) is 18.2. The van der Waals surface area contributed by atoms with E-state index >= 15 is 0 Å². The van der Waals surface area contributed by atoms with Gasteiger partial charge in [0.05, 0.1) is 0 Å². The molecule has 0 aliphatic heterocycles. The average molecular weight is 449 g/mol. The van der Waals surface area contributed by atoms with E-state index in [2.05, 4.69) is 0 Å². The summed E-state index contributed by atoms with van der Waals surface area (Å²) in [6, 6.07) is 14.7. The number of thiocarbonyl (C=S) groups is 2. The minimum absolute atomic E-state index is 0.0646. The van der Waals surface area contributed by atoms with Crippen molar-refractivity contribution in [3.05, 3.63) is 59.7 Å². The molecule has 25 heavy (non-hydrogen) atoms. The molecule has 0 N–H and O–H groups in total. The zero-order valence-electron chi connectivity index (χ0n) is 13.3. The van der Waals surface area contributed by atoms with Gasteiger partial charge in [-0.2, -0.15) is 0 Å². The summed E-state index contributed by atoms with van der Waals surface area (Å²) in [5.41, 5.74) is 2.06. The summed E-state index contributed by atoms with van der Waals surface area (Å²) in [5, 5.41) is 0. The number of rotatable bonds is 4. The van der Waals surface area contributed by atoms with Gasteiger partial charge in [-0.25, -0.2) is 0 Å². The molecule has 2 aromatic carbocycles. The van der Waals surface area contributed by atoms with Crippen LogP contribution in [0, 0.1) is 13.8 Å². The van der Waals surface area contributed by atoms with Gasteiger partial charge in [-0.15, -0.1) is 0 Å². The van der Waals surface area contributed by atoms with Crippen molar-refractivity contribution in [1.82, 2.24) is 0 Å². The summed E-state index contributed by atoms with van der Waals surface area (Å²) < 4.78 is 23.6. The molecule has 9 heteroatoms. The molecule has 0 amide bonds. The average Bonchev–Trinajstić information content (AvgIpc) is 2.45. The molecule has 3 nitrogen and oxygen atoms in total. The Balaban J connectivity index is 1.90. The van der Waals surface area contributed by atoms with Crippen LogP contribution in [0.3, 0.4) is 0 Å². The number of benzene rings is 2. The Kier molecular flexibility index (Phi) is 7.80. The van der Waals surface area contributed by atoms with Crippen molar-refractivity contribution in [1.29, 1.82) is 0 Å². The Morgan fingerprint density at radius 3 is 1.68 bits per heavy atom. The fourth-order valence-electron chi connectivity index (χ4n) is 1.78. The Morgan fingerprint density at radius 2 is 1.32 bits per heavy atom. The molecule has 0 atom stereocenters. The van der Waals surface area contributed by atoms with Crippen LogP contribution in [0.15, 0.2) is 48.5 Å². The van der Waals surface area contributed by atoms with Crippen LogP contribution in [-0.4, -0.2) is 8.77 Å². The van der Waals surface area contributed by atoms with Crippen molar-refractivity contribution < 1.29 is 14.0 Å². The van der Waals surface area contributed by atoms with Gasteiger partial charge in [0.15, 0.2) is 0 Å². The predicted molar refractivity (Wildman–Crippen MR) is 117 cm³/mol. The molecule has 0 radical (unpaired) electrons. The summed E-state index contributed by atoms with van der Waals surface area (Å²) in [5.74, 6) is 1.13. The molecule has 0 saturated heterocycles. The van der Waals surface area contributed by atoms with E-state index in [1.165, 1.54) is 0 Å².